The molecular formula is C22H28N6O. The molecule has 1 fully saturated rings. The fraction of sp³-hybridized carbons (Fsp3) is 0.409. The van der Waals surface area contributed by atoms with E-state index in [0.717, 1.165) is 63.8 Å². The Kier molecular flexibility index (Phi) is 6.49. The Labute approximate surface area is 171 Å². The van der Waals surface area contributed by atoms with Gasteiger partial charge in [-0.2, -0.15) is 0 Å². The molecular weight excluding hydrogens is 364 g/mol. The first-order valence-corrected chi connectivity index (χ1v) is 10.2. The van der Waals surface area contributed by atoms with Crippen LogP contribution in [0.25, 0.3) is 0 Å². The molecule has 1 aliphatic rings. The van der Waals surface area contributed by atoms with Crippen LogP contribution in [-0.4, -0.2) is 63.3 Å². The Morgan fingerprint density at radius 2 is 1.55 bits per heavy atom. The van der Waals surface area contributed by atoms with E-state index in [-0.39, 0.29) is 0 Å². The molecule has 2 heterocycles. The van der Waals surface area contributed by atoms with Crippen molar-refractivity contribution in [3.63, 3.8) is 0 Å². The number of aromatic nitrogens is 4. The summed E-state index contributed by atoms with van der Waals surface area (Å²) in [4.78, 5) is 4.91. The third kappa shape index (κ3) is 5.19. The molecule has 1 aromatic heterocycles. The lowest BCUT2D eigenvalue weighted by atomic mass is 10.1. The summed E-state index contributed by atoms with van der Waals surface area (Å²) in [6, 6.07) is 18.7. The lowest BCUT2D eigenvalue weighted by Crippen LogP contribution is -2.45. The van der Waals surface area contributed by atoms with Gasteiger partial charge in [-0.1, -0.05) is 48.5 Å². The molecule has 0 N–H and O–H groups in total. The van der Waals surface area contributed by atoms with Gasteiger partial charge in [0.1, 0.15) is 5.75 Å². The van der Waals surface area contributed by atoms with Crippen molar-refractivity contribution in [3.8, 4) is 5.75 Å². The van der Waals surface area contributed by atoms with E-state index in [1.54, 1.807) is 7.11 Å². The standard InChI is InChI=1S/C22H28N6O/c1-29-21-10-6-5-9-20(21)17-26-13-15-27(16-14-26)18-22-23-24-25-28(22)12-11-19-7-3-2-4-8-19/h2-10H,11-18H2,1H3. The van der Waals surface area contributed by atoms with Gasteiger partial charge in [0.25, 0.3) is 0 Å². The van der Waals surface area contributed by atoms with Gasteiger partial charge < -0.3 is 4.74 Å². The summed E-state index contributed by atoms with van der Waals surface area (Å²) in [7, 11) is 1.73. The van der Waals surface area contributed by atoms with Crippen LogP contribution >= 0.6 is 0 Å². The van der Waals surface area contributed by atoms with Crippen molar-refractivity contribution < 1.29 is 4.74 Å². The fourth-order valence-electron chi connectivity index (χ4n) is 3.77. The maximum Gasteiger partial charge on any atom is 0.165 e. The average Bonchev–Trinajstić information content (AvgIpc) is 3.21. The normalized spacial score (nSPS) is 15.5. The summed E-state index contributed by atoms with van der Waals surface area (Å²) >= 11 is 0. The Balaban J connectivity index is 1.27. The second kappa shape index (κ2) is 9.62. The van der Waals surface area contributed by atoms with Crippen molar-refractivity contribution in [3.05, 3.63) is 71.5 Å². The molecule has 1 saturated heterocycles. The van der Waals surface area contributed by atoms with Crippen LogP contribution in [-0.2, 0) is 26.1 Å². The molecule has 0 unspecified atom stereocenters. The van der Waals surface area contributed by atoms with Gasteiger partial charge in [-0.3, -0.25) is 9.80 Å². The number of piperazine rings is 1. The molecule has 3 aromatic rings. The van der Waals surface area contributed by atoms with Gasteiger partial charge in [-0.25, -0.2) is 4.68 Å². The first kappa shape index (κ1) is 19.5. The number of methoxy groups -OCH3 is 1. The molecule has 0 atom stereocenters. The number of aryl methyl sites for hydroxylation is 2. The van der Waals surface area contributed by atoms with Crippen LogP contribution in [0.4, 0.5) is 0 Å². The largest absolute Gasteiger partial charge is 0.496 e. The predicted octanol–water partition coefficient (Wildman–Crippen LogP) is 2.24. The minimum atomic E-state index is 0.796. The quantitative estimate of drug-likeness (QED) is 0.586. The SMILES string of the molecule is COc1ccccc1CN1CCN(Cc2nnnn2CCc2ccccc2)CC1. The van der Waals surface area contributed by atoms with Gasteiger partial charge in [0.2, 0.25) is 0 Å². The second-order valence-electron chi connectivity index (χ2n) is 7.42. The lowest BCUT2D eigenvalue weighted by Gasteiger charge is -2.34. The smallest absolute Gasteiger partial charge is 0.165 e. The Bertz CT molecular complexity index is 889. The van der Waals surface area contributed by atoms with E-state index in [4.69, 9.17) is 4.74 Å². The van der Waals surface area contributed by atoms with Crippen molar-refractivity contribution in [1.29, 1.82) is 0 Å². The number of tetrazole rings is 1. The first-order valence-electron chi connectivity index (χ1n) is 10.2. The molecule has 0 bridgehead atoms. The highest BCUT2D eigenvalue weighted by molar-refractivity contribution is 5.33. The molecule has 29 heavy (non-hydrogen) atoms. The maximum absolute atomic E-state index is 5.48. The number of nitrogens with zero attached hydrogens (tertiary/aromatic N) is 6. The number of para-hydroxylation sites is 1. The van der Waals surface area contributed by atoms with E-state index in [9.17, 15) is 0 Å². The minimum Gasteiger partial charge on any atom is -0.496 e. The third-order valence-electron chi connectivity index (χ3n) is 5.48. The molecule has 0 spiro atoms. The zero-order valence-electron chi connectivity index (χ0n) is 16.9. The molecule has 152 valence electrons. The summed E-state index contributed by atoms with van der Waals surface area (Å²) in [5.74, 6) is 1.91. The number of hydrogen-bond donors (Lipinski definition) is 0. The number of benzene rings is 2. The molecule has 7 nitrogen and oxygen atoms in total. The molecule has 7 heteroatoms. The van der Waals surface area contributed by atoms with Gasteiger partial charge in [0, 0.05) is 44.8 Å². The van der Waals surface area contributed by atoms with Crippen LogP contribution in [0.3, 0.4) is 0 Å². The molecule has 1 aliphatic heterocycles. The van der Waals surface area contributed by atoms with Crippen molar-refractivity contribution in [1.82, 2.24) is 30.0 Å². The fourth-order valence-corrected chi connectivity index (χ4v) is 3.77. The summed E-state index contributed by atoms with van der Waals surface area (Å²) < 4.78 is 7.42. The van der Waals surface area contributed by atoms with Gasteiger partial charge >= 0.3 is 0 Å². The molecule has 0 saturated carbocycles. The molecule has 0 aliphatic carbocycles. The van der Waals surface area contributed by atoms with Crippen LogP contribution in [0.2, 0.25) is 0 Å². The van der Waals surface area contributed by atoms with Crippen LogP contribution in [0.15, 0.2) is 54.6 Å². The number of hydrogen-bond acceptors (Lipinski definition) is 6. The van der Waals surface area contributed by atoms with Crippen LogP contribution in [0, 0.1) is 0 Å². The number of rotatable bonds is 8. The molecule has 0 radical (unpaired) electrons. The van der Waals surface area contributed by atoms with Gasteiger partial charge in [0.05, 0.1) is 13.7 Å². The van der Waals surface area contributed by atoms with E-state index in [1.165, 1.54) is 11.1 Å². The van der Waals surface area contributed by atoms with Crippen molar-refractivity contribution in [2.45, 2.75) is 26.1 Å². The van der Waals surface area contributed by atoms with Gasteiger partial charge in [-0.05, 0) is 28.5 Å². The van der Waals surface area contributed by atoms with E-state index >= 15 is 0 Å². The average molecular weight is 393 g/mol. The van der Waals surface area contributed by atoms with Crippen LogP contribution in [0.5, 0.6) is 5.75 Å². The summed E-state index contributed by atoms with van der Waals surface area (Å²) in [5.41, 5.74) is 2.55. The molecule has 2 aromatic carbocycles. The zero-order valence-corrected chi connectivity index (χ0v) is 16.9. The monoisotopic (exact) mass is 392 g/mol. The zero-order chi connectivity index (χ0) is 19.9. The second-order valence-corrected chi connectivity index (χ2v) is 7.42. The van der Waals surface area contributed by atoms with Crippen molar-refractivity contribution >= 4 is 0 Å². The highest BCUT2D eigenvalue weighted by Gasteiger charge is 2.20. The van der Waals surface area contributed by atoms with Crippen molar-refractivity contribution in [2.75, 3.05) is 33.3 Å². The van der Waals surface area contributed by atoms with E-state index in [0.29, 0.717) is 0 Å². The first-order chi connectivity index (χ1) is 14.3. The highest BCUT2D eigenvalue weighted by Crippen LogP contribution is 2.20. The van der Waals surface area contributed by atoms with E-state index in [2.05, 4.69) is 61.7 Å². The topological polar surface area (TPSA) is 59.3 Å². The third-order valence-corrected chi connectivity index (χ3v) is 5.48. The summed E-state index contributed by atoms with van der Waals surface area (Å²) in [6.45, 7) is 6.62. The summed E-state index contributed by atoms with van der Waals surface area (Å²) in [5, 5.41) is 12.4. The van der Waals surface area contributed by atoms with Crippen LogP contribution < -0.4 is 4.74 Å². The predicted molar refractivity (Wildman–Crippen MR) is 112 cm³/mol. The van der Waals surface area contributed by atoms with Crippen LogP contribution in [0.1, 0.15) is 17.0 Å². The number of ether oxygens (including phenoxy) is 1. The lowest BCUT2D eigenvalue weighted by molar-refractivity contribution is 0.118. The maximum atomic E-state index is 5.48. The Morgan fingerprint density at radius 3 is 2.31 bits per heavy atom. The van der Waals surface area contributed by atoms with E-state index in [1.807, 2.05) is 22.9 Å². The summed E-state index contributed by atoms with van der Waals surface area (Å²) in [6.07, 6.45) is 0.936. The highest BCUT2D eigenvalue weighted by atomic mass is 16.5. The molecule has 4 rings (SSSR count). The Morgan fingerprint density at radius 1 is 0.862 bits per heavy atom. The molecule has 0 amide bonds. The van der Waals surface area contributed by atoms with Gasteiger partial charge in [0.15, 0.2) is 5.82 Å². The minimum absolute atomic E-state index is 0.796. The Hall–Kier alpha value is -2.77. The van der Waals surface area contributed by atoms with Gasteiger partial charge in [-0.15, -0.1) is 5.10 Å². The van der Waals surface area contributed by atoms with Crippen molar-refractivity contribution in [2.24, 2.45) is 0 Å². The van der Waals surface area contributed by atoms with E-state index < -0.39 is 0 Å².